The second-order valence-corrected chi connectivity index (χ2v) is 2.97. The van der Waals surface area contributed by atoms with Gasteiger partial charge in [0.05, 0.1) is 0 Å². The minimum absolute atomic E-state index is 0.297. The van der Waals surface area contributed by atoms with Crippen molar-refractivity contribution in [1.82, 2.24) is 0 Å². The molecule has 1 atom stereocenters. The van der Waals surface area contributed by atoms with Crippen molar-refractivity contribution >= 4 is 5.78 Å². The van der Waals surface area contributed by atoms with Gasteiger partial charge in [0.25, 0.3) is 0 Å². The lowest BCUT2D eigenvalue weighted by atomic mass is 9.90. The molecule has 1 nitrogen and oxygen atoms in total. The maximum atomic E-state index is 10.8. The molecule has 1 aliphatic carbocycles. The van der Waals surface area contributed by atoms with Gasteiger partial charge in [0.2, 0.25) is 0 Å². The Bertz CT molecular complexity index is 156. The van der Waals surface area contributed by atoms with Crippen LogP contribution in [0.3, 0.4) is 0 Å². The van der Waals surface area contributed by atoms with Crippen LogP contribution in [-0.4, -0.2) is 5.78 Å². The number of carbonyl (C=O) groups excluding carboxylic acids is 1. The fraction of sp³-hybridized carbons (Fsp3) is 0.625. The van der Waals surface area contributed by atoms with Crippen LogP contribution in [0, 0.1) is 5.92 Å². The van der Waals surface area contributed by atoms with E-state index in [9.17, 15) is 4.79 Å². The largest absolute Gasteiger partial charge is 0.295 e. The molecule has 0 fully saturated rings. The smallest absolute Gasteiger partial charge is 0.155 e. The highest BCUT2D eigenvalue weighted by Gasteiger charge is 2.13. The number of hydrogen-bond donors (Lipinski definition) is 0. The van der Waals surface area contributed by atoms with E-state index < -0.39 is 0 Å². The number of ketones is 1. The monoisotopic (exact) mass is 124 g/mol. The van der Waals surface area contributed by atoms with Crippen molar-refractivity contribution in [3.63, 3.8) is 0 Å². The maximum absolute atomic E-state index is 10.8. The first-order valence-corrected chi connectivity index (χ1v) is 3.38. The minimum atomic E-state index is 0.297. The summed E-state index contributed by atoms with van der Waals surface area (Å²) in [5, 5.41) is 0. The second-order valence-electron chi connectivity index (χ2n) is 2.97. The van der Waals surface area contributed by atoms with Gasteiger partial charge in [0, 0.05) is 6.42 Å². The summed E-state index contributed by atoms with van der Waals surface area (Å²) in [5.74, 6) is 0.869. The Morgan fingerprint density at radius 1 is 1.56 bits per heavy atom. The minimum Gasteiger partial charge on any atom is -0.295 e. The molecule has 0 aromatic rings. The van der Waals surface area contributed by atoms with E-state index in [1.54, 1.807) is 6.08 Å². The Hall–Kier alpha value is -0.590. The summed E-state index contributed by atoms with van der Waals surface area (Å²) in [5.41, 5.74) is 1.23. The van der Waals surface area contributed by atoms with Crippen molar-refractivity contribution < 1.29 is 4.79 Å². The van der Waals surface area contributed by atoms with Crippen molar-refractivity contribution in [2.75, 3.05) is 0 Å². The Morgan fingerprint density at radius 3 is 2.67 bits per heavy atom. The molecule has 0 radical (unpaired) electrons. The molecule has 0 saturated heterocycles. The van der Waals surface area contributed by atoms with Crippen LogP contribution in [0.15, 0.2) is 11.6 Å². The standard InChI is InChI=1S/C8H12O/c1-6-3-7(2)5-8(9)4-6/h4,7H,3,5H2,1-2H3/t7-/m1/s1. The highest BCUT2D eigenvalue weighted by Crippen LogP contribution is 2.20. The van der Waals surface area contributed by atoms with Gasteiger partial charge in [0.1, 0.15) is 0 Å². The highest BCUT2D eigenvalue weighted by molar-refractivity contribution is 5.91. The van der Waals surface area contributed by atoms with Gasteiger partial charge < -0.3 is 0 Å². The Labute approximate surface area is 55.8 Å². The van der Waals surface area contributed by atoms with Crippen LogP contribution in [0.1, 0.15) is 26.7 Å². The summed E-state index contributed by atoms with van der Waals surface area (Å²) in [6, 6.07) is 0. The first-order chi connectivity index (χ1) is 4.18. The highest BCUT2D eigenvalue weighted by atomic mass is 16.1. The Balaban J connectivity index is 2.67. The Morgan fingerprint density at radius 2 is 2.22 bits per heavy atom. The van der Waals surface area contributed by atoms with Crippen LogP contribution < -0.4 is 0 Å². The topological polar surface area (TPSA) is 17.1 Å². The van der Waals surface area contributed by atoms with E-state index in [1.807, 2.05) is 6.92 Å². The van der Waals surface area contributed by atoms with Gasteiger partial charge in [-0.1, -0.05) is 12.5 Å². The first kappa shape index (κ1) is 6.53. The van der Waals surface area contributed by atoms with Gasteiger partial charge >= 0.3 is 0 Å². The van der Waals surface area contributed by atoms with E-state index in [0.717, 1.165) is 12.8 Å². The quantitative estimate of drug-likeness (QED) is 0.482. The molecule has 0 bridgehead atoms. The molecule has 0 amide bonds. The lowest BCUT2D eigenvalue weighted by molar-refractivity contribution is -0.115. The van der Waals surface area contributed by atoms with Crippen molar-refractivity contribution in [1.29, 1.82) is 0 Å². The van der Waals surface area contributed by atoms with Gasteiger partial charge in [-0.05, 0) is 25.3 Å². The lowest BCUT2D eigenvalue weighted by Gasteiger charge is -2.14. The molecule has 0 aromatic carbocycles. The molecule has 0 saturated carbocycles. The van der Waals surface area contributed by atoms with Crippen LogP contribution in [-0.2, 0) is 4.79 Å². The molecule has 9 heavy (non-hydrogen) atoms. The predicted molar refractivity (Wildman–Crippen MR) is 37.2 cm³/mol. The third kappa shape index (κ3) is 1.67. The van der Waals surface area contributed by atoms with Crippen LogP contribution in [0.2, 0.25) is 0 Å². The van der Waals surface area contributed by atoms with Crippen molar-refractivity contribution in [2.45, 2.75) is 26.7 Å². The molecular weight excluding hydrogens is 112 g/mol. The van der Waals surface area contributed by atoms with Crippen LogP contribution >= 0.6 is 0 Å². The number of rotatable bonds is 0. The molecule has 0 unspecified atom stereocenters. The Kier molecular flexibility index (Phi) is 1.70. The van der Waals surface area contributed by atoms with Crippen molar-refractivity contribution in [3.8, 4) is 0 Å². The summed E-state index contributed by atoms with van der Waals surface area (Å²) >= 11 is 0. The van der Waals surface area contributed by atoms with E-state index in [1.165, 1.54) is 5.57 Å². The maximum Gasteiger partial charge on any atom is 0.155 e. The molecule has 1 heteroatoms. The van der Waals surface area contributed by atoms with Gasteiger partial charge in [0.15, 0.2) is 5.78 Å². The van der Waals surface area contributed by atoms with Gasteiger partial charge in [-0.3, -0.25) is 4.79 Å². The van der Waals surface area contributed by atoms with Crippen LogP contribution in [0.4, 0.5) is 0 Å². The van der Waals surface area contributed by atoms with E-state index in [2.05, 4.69) is 6.92 Å². The van der Waals surface area contributed by atoms with Gasteiger partial charge in [-0.25, -0.2) is 0 Å². The van der Waals surface area contributed by atoms with Gasteiger partial charge in [-0.2, -0.15) is 0 Å². The zero-order chi connectivity index (χ0) is 6.85. The summed E-state index contributed by atoms with van der Waals surface area (Å²) in [4.78, 5) is 10.8. The van der Waals surface area contributed by atoms with E-state index in [4.69, 9.17) is 0 Å². The zero-order valence-electron chi connectivity index (χ0n) is 5.98. The van der Waals surface area contributed by atoms with Crippen molar-refractivity contribution in [2.24, 2.45) is 5.92 Å². The van der Waals surface area contributed by atoms with Crippen molar-refractivity contribution in [3.05, 3.63) is 11.6 Å². The molecule has 0 aliphatic heterocycles. The summed E-state index contributed by atoms with van der Waals surface area (Å²) in [6.45, 7) is 4.14. The second kappa shape index (κ2) is 2.34. The van der Waals surface area contributed by atoms with Gasteiger partial charge in [-0.15, -0.1) is 0 Å². The molecular formula is C8H12O. The first-order valence-electron chi connectivity index (χ1n) is 3.38. The fourth-order valence-corrected chi connectivity index (χ4v) is 1.36. The SMILES string of the molecule is CC1=CC(=O)C[C@H](C)C1. The van der Waals surface area contributed by atoms with Crippen LogP contribution in [0.25, 0.3) is 0 Å². The third-order valence-electron chi connectivity index (χ3n) is 1.63. The zero-order valence-corrected chi connectivity index (χ0v) is 5.98. The average molecular weight is 124 g/mol. The number of carbonyl (C=O) groups is 1. The van der Waals surface area contributed by atoms with Crippen LogP contribution in [0.5, 0.6) is 0 Å². The molecule has 1 rings (SSSR count). The van der Waals surface area contributed by atoms with E-state index >= 15 is 0 Å². The molecule has 50 valence electrons. The normalized spacial score (nSPS) is 28.0. The summed E-state index contributed by atoms with van der Waals surface area (Å²) < 4.78 is 0. The number of allylic oxidation sites excluding steroid dienone is 2. The fourth-order valence-electron chi connectivity index (χ4n) is 1.36. The van der Waals surface area contributed by atoms with E-state index in [0.29, 0.717) is 11.7 Å². The molecule has 0 N–H and O–H groups in total. The summed E-state index contributed by atoms with van der Waals surface area (Å²) in [7, 11) is 0. The average Bonchev–Trinajstić information content (AvgIpc) is 1.59. The lowest BCUT2D eigenvalue weighted by Crippen LogP contribution is -2.09. The number of hydrogen-bond acceptors (Lipinski definition) is 1. The molecule has 0 heterocycles. The predicted octanol–water partition coefficient (Wildman–Crippen LogP) is 1.93. The molecule has 0 spiro atoms. The third-order valence-corrected chi connectivity index (χ3v) is 1.63. The summed E-state index contributed by atoms with van der Waals surface area (Å²) in [6.07, 6.45) is 3.61. The molecule has 0 aromatic heterocycles. The molecule has 1 aliphatic rings. The van der Waals surface area contributed by atoms with E-state index in [-0.39, 0.29) is 0 Å².